The maximum absolute atomic E-state index is 12.8. The highest BCUT2D eigenvalue weighted by Crippen LogP contribution is 2.22. The second kappa shape index (κ2) is 8.95. The monoisotopic (exact) mass is 397 g/mol. The van der Waals surface area contributed by atoms with Crippen LogP contribution in [0.1, 0.15) is 55.1 Å². The van der Waals surface area contributed by atoms with Crippen molar-refractivity contribution in [3.05, 3.63) is 51.7 Å². The van der Waals surface area contributed by atoms with Crippen molar-refractivity contribution in [1.29, 1.82) is 0 Å². The molecule has 2 aromatic rings. The smallest absolute Gasteiger partial charge is 0.344 e. The van der Waals surface area contributed by atoms with Gasteiger partial charge in [-0.25, -0.2) is 9.89 Å². The Bertz CT molecular complexity index is 877. The molecule has 2 aliphatic heterocycles. The van der Waals surface area contributed by atoms with E-state index in [2.05, 4.69) is 51.6 Å². The predicted octanol–water partition coefficient (Wildman–Crippen LogP) is 2.18. The van der Waals surface area contributed by atoms with Crippen LogP contribution < -0.4 is 11.0 Å². The Kier molecular flexibility index (Phi) is 6.13. The summed E-state index contributed by atoms with van der Waals surface area (Å²) in [4.78, 5) is 27.4. The number of fused-ring (bicyclic) bond motifs is 1. The number of amides is 1. The molecule has 1 amide bonds. The first-order valence-electron chi connectivity index (χ1n) is 10.8. The molecule has 1 saturated heterocycles. The number of carbonyl (C=O) groups is 1. The largest absolute Gasteiger partial charge is 0.354 e. The average molecular weight is 398 g/mol. The predicted molar refractivity (Wildman–Crippen MR) is 112 cm³/mol. The Morgan fingerprint density at radius 1 is 1.17 bits per heavy atom. The van der Waals surface area contributed by atoms with Gasteiger partial charge in [-0.15, -0.1) is 0 Å². The quantitative estimate of drug-likeness (QED) is 0.810. The molecule has 1 fully saturated rings. The van der Waals surface area contributed by atoms with E-state index in [0.717, 1.165) is 51.7 Å². The third-order valence-corrected chi connectivity index (χ3v) is 6.32. The number of piperidine rings is 1. The average Bonchev–Trinajstić information content (AvgIpc) is 2.96. The Balaban J connectivity index is 1.26. The molecule has 29 heavy (non-hydrogen) atoms. The number of nitrogens with zero attached hydrogens (tertiary/aromatic N) is 3. The molecule has 3 heterocycles. The van der Waals surface area contributed by atoms with Crippen molar-refractivity contribution in [2.24, 2.45) is 5.92 Å². The zero-order chi connectivity index (χ0) is 20.2. The van der Waals surface area contributed by atoms with Gasteiger partial charge in [-0.05, 0) is 57.2 Å². The number of H-pyrrole nitrogens is 1. The summed E-state index contributed by atoms with van der Waals surface area (Å²) in [6.45, 7) is 5.91. The molecule has 0 aliphatic carbocycles. The number of aromatic amines is 1. The first-order chi connectivity index (χ1) is 14.1. The van der Waals surface area contributed by atoms with Crippen molar-refractivity contribution in [2.45, 2.75) is 58.0 Å². The number of likely N-dealkylation sites (tertiary alicyclic amines) is 1. The summed E-state index contributed by atoms with van der Waals surface area (Å²) in [6.07, 6.45) is 5.54. The van der Waals surface area contributed by atoms with Crippen molar-refractivity contribution in [1.82, 2.24) is 25.0 Å². The second-order valence-electron chi connectivity index (χ2n) is 8.53. The van der Waals surface area contributed by atoms with Crippen LogP contribution in [-0.4, -0.2) is 45.2 Å². The normalized spacial score (nSPS) is 20.8. The third kappa shape index (κ3) is 4.78. The molecule has 1 atom stereocenters. The first-order valence-corrected chi connectivity index (χ1v) is 10.8. The third-order valence-electron chi connectivity index (χ3n) is 6.32. The van der Waals surface area contributed by atoms with E-state index in [1.165, 1.54) is 11.1 Å². The SMILES string of the molecule is Cc1ccc(CN2CCC(CNC(=O)C3CCCCc4n[nH]c(=O)n43)CC2)cc1. The molecule has 1 unspecified atom stereocenters. The fourth-order valence-corrected chi connectivity index (χ4v) is 4.50. The highest BCUT2D eigenvalue weighted by Gasteiger charge is 2.28. The fourth-order valence-electron chi connectivity index (χ4n) is 4.50. The van der Waals surface area contributed by atoms with Gasteiger partial charge in [0, 0.05) is 19.5 Å². The van der Waals surface area contributed by atoms with Crippen LogP contribution in [0, 0.1) is 12.8 Å². The minimum atomic E-state index is -0.430. The highest BCUT2D eigenvalue weighted by atomic mass is 16.2. The minimum absolute atomic E-state index is 0.0428. The van der Waals surface area contributed by atoms with Crippen molar-refractivity contribution >= 4 is 5.91 Å². The zero-order valence-corrected chi connectivity index (χ0v) is 17.2. The van der Waals surface area contributed by atoms with Crippen molar-refractivity contribution < 1.29 is 4.79 Å². The van der Waals surface area contributed by atoms with Crippen molar-refractivity contribution in [3.8, 4) is 0 Å². The van der Waals surface area contributed by atoms with Gasteiger partial charge in [0.2, 0.25) is 5.91 Å². The van der Waals surface area contributed by atoms with Gasteiger partial charge in [-0.3, -0.25) is 14.3 Å². The van der Waals surface area contributed by atoms with Crippen LogP contribution in [0.4, 0.5) is 0 Å². The maximum atomic E-state index is 12.8. The summed E-state index contributed by atoms with van der Waals surface area (Å²) >= 11 is 0. The van der Waals surface area contributed by atoms with Crippen molar-refractivity contribution in [2.75, 3.05) is 19.6 Å². The maximum Gasteiger partial charge on any atom is 0.344 e. The molecular formula is C22H31N5O2. The molecule has 0 saturated carbocycles. The Morgan fingerprint density at radius 3 is 2.69 bits per heavy atom. The van der Waals surface area contributed by atoms with E-state index in [-0.39, 0.29) is 11.6 Å². The van der Waals surface area contributed by atoms with Gasteiger partial charge in [0.25, 0.3) is 0 Å². The van der Waals surface area contributed by atoms with E-state index in [4.69, 9.17) is 0 Å². The van der Waals surface area contributed by atoms with Crippen LogP contribution in [0.15, 0.2) is 29.1 Å². The summed E-state index contributed by atoms with van der Waals surface area (Å²) < 4.78 is 1.56. The molecule has 2 N–H and O–H groups in total. The number of nitrogens with one attached hydrogen (secondary N) is 2. The number of carbonyl (C=O) groups excluding carboxylic acids is 1. The van der Waals surface area contributed by atoms with Crippen LogP contribution in [0.2, 0.25) is 0 Å². The Labute approximate surface area is 171 Å². The molecule has 2 aliphatic rings. The second-order valence-corrected chi connectivity index (χ2v) is 8.53. The number of aryl methyl sites for hydroxylation is 2. The molecule has 1 aromatic carbocycles. The van der Waals surface area contributed by atoms with Crippen LogP contribution in [0.5, 0.6) is 0 Å². The molecule has 0 radical (unpaired) electrons. The van der Waals surface area contributed by atoms with Crippen LogP contribution in [-0.2, 0) is 17.8 Å². The van der Waals surface area contributed by atoms with E-state index >= 15 is 0 Å². The molecule has 0 bridgehead atoms. The van der Waals surface area contributed by atoms with E-state index in [1.807, 2.05) is 0 Å². The fraction of sp³-hybridized carbons (Fsp3) is 0.591. The summed E-state index contributed by atoms with van der Waals surface area (Å²) in [5, 5.41) is 9.70. The number of benzene rings is 1. The van der Waals surface area contributed by atoms with Crippen LogP contribution in [0.3, 0.4) is 0 Å². The molecule has 0 spiro atoms. The molecule has 7 nitrogen and oxygen atoms in total. The van der Waals surface area contributed by atoms with Gasteiger partial charge in [-0.1, -0.05) is 36.2 Å². The molecule has 4 rings (SSSR count). The number of rotatable bonds is 5. The lowest BCUT2D eigenvalue weighted by molar-refractivity contribution is -0.124. The lowest BCUT2D eigenvalue weighted by Gasteiger charge is -2.32. The first kappa shape index (κ1) is 19.9. The van der Waals surface area contributed by atoms with Gasteiger partial charge < -0.3 is 5.32 Å². The zero-order valence-electron chi connectivity index (χ0n) is 17.2. The van der Waals surface area contributed by atoms with Gasteiger partial charge in [0.05, 0.1) is 0 Å². The topological polar surface area (TPSA) is 83.0 Å². The lowest BCUT2D eigenvalue weighted by Crippen LogP contribution is -2.41. The molecule has 1 aromatic heterocycles. The van der Waals surface area contributed by atoms with Crippen LogP contribution >= 0.6 is 0 Å². The van der Waals surface area contributed by atoms with E-state index in [1.54, 1.807) is 4.57 Å². The Hall–Kier alpha value is -2.41. The standard InChI is InChI=1S/C22H31N5O2/c1-16-6-8-18(9-7-16)15-26-12-10-17(11-13-26)14-23-21(28)19-4-2-3-5-20-24-25-22(29)27(19)20/h6-9,17,19H,2-5,10-15H2,1H3,(H,23,28)(H,25,29). The van der Waals surface area contributed by atoms with Crippen LogP contribution in [0.25, 0.3) is 0 Å². The molecule has 156 valence electrons. The van der Waals surface area contributed by atoms with E-state index in [9.17, 15) is 9.59 Å². The van der Waals surface area contributed by atoms with Gasteiger partial charge in [0.15, 0.2) is 0 Å². The van der Waals surface area contributed by atoms with Crippen molar-refractivity contribution in [3.63, 3.8) is 0 Å². The number of hydrogen-bond acceptors (Lipinski definition) is 4. The molecule has 7 heteroatoms. The minimum Gasteiger partial charge on any atom is -0.354 e. The van der Waals surface area contributed by atoms with Gasteiger partial charge in [0.1, 0.15) is 11.9 Å². The summed E-state index contributed by atoms with van der Waals surface area (Å²) in [6, 6.07) is 8.32. The van der Waals surface area contributed by atoms with Gasteiger partial charge in [-0.2, -0.15) is 5.10 Å². The lowest BCUT2D eigenvalue weighted by atomic mass is 9.96. The van der Waals surface area contributed by atoms with Gasteiger partial charge >= 0.3 is 5.69 Å². The van der Waals surface area contributed by atoms with E-state index < -0.39 is 6.04 Å². The summed E-state index contributed by atoms with van der Waals surface area (Å²) in [5.41, 5.74) is 2.38. The number of hydrogen-bond donors (Lipinski definition) is 2. The summed E-state index contributed by atoms with van der Waals surface area (Å²) in [5.74, 6) is 1.16. The number of aromatic nitrogens is 3. The highest BCUT2D eigenvalue weighted by molar-refractivity contribution is 5.80. The Morgan fingerprint density at radius 2 is 1.93 bits per heavy atom. The van der Waals surface area contributed by atoms with E-state index in [0.29, 0.717) is 24.7 Å². The molecular weight excluding hydrogens is 366 g/mol. The summed E-state index contributed by atoms with van der Waals surface area (Å²) in [7, 11) is 0.